The zero-order valence-electron chi connectivity index (χ0n) is 11.5. The van der Waals surface area contributed by atoms with E-state index in [4.69, 9.17) is 0 Å². The highest BCUT2D eigenvalue weighted by Gasteiger charge is 2.13. The summed E-state index contributed by atoms with van der Waals surface area (Å²) in [5, 5.41) is 2.79. The molecule has 104 valence electrons. The molecule has 2 N–H and O–H groups in total. The van der Waals surface area contributed by atoms with E-state index in [2.05, 4.69) is 15.3 Å². The second-order valence-corrected chi connectivity index (χ2v) is 4.65. The molecule has 0 aliphatic rings. The molecule has 0 radical (unpaired) electrons. The fourth-order valence-corrected chi connectivity index (χ4v) is 1.77. The minimum atomic E-state index is -0.386. The van der Waals surface area contributed by atoms with Crippen LogP contribution in [0.25, 0.3) is 11.1 Å². The Morgan fingerprint density at radius 3 is 2.70 bits per heavy atom. The first kappa shape index (κ1) is 14.0. The number of aromatic nitrogens is 2. The lowest BCUT2D eigenvalue weighted by atomic mass is 10.1. The van der Waals surface area contributed by atoms with E-state index in [9.17, 15) is 9.59 Å². The number of pyridine rings is 2. The van der Waals surface area contributed by atoms with E-state index in [1.807, 2.05) is 26.0 Å². The number of rotatable bonds is 4. The van der Waals surface area contributed by atoms with Crippen LogP contribution in [-0.4, -0.2) is 21.9 Å². The van der Waals surface area contributed by atoms with Gasteiger partial charge in [0, 0.05) is 24.6 Å². The average Bonchev–Trinajstić information content (AvgIpc) is 2.48. The summed E-state index contributed by atoms with van der Waals surface area (Å²) in [5.74, 6) is -0.350. The molecule has 2 heterocycles. The van der Waals surface area contributed by atoms with E-state index in [0.29, 0.717) is 0 Å². The first-order valence-corrected chi connectivity index (χ1v) is 6.55. The van der Waals surface area contributed by atoms with Gasteiger partial charge in [-0.3, -0.25) is 14.6 Å². The Balaban J connectivity index is 2.35. The molecular formula is C15H17N3O2. The Labute approximate surface area is 117 Å². The highest BCUT2D eigenvalue weighted by Crippen LogP contribution is 2.16. The number of amides is 1. The van der Waals surface area contributed by atoms with Gasteiger partial charge in [0.25, 0.3) is 11.5 Å². The van der Waals surface area contributed by atoms with Gasteiger partial charge in [-0.15, -0.1) is 0 Å². The third-order valence-corrected chi connectivity index (χ3v) is 3.15. The van der Waals surface area contributed by atoms with Crippen LogP contribution in [0.5, 0.6) is 0 Å². The van der Waals surface area contributed by atoms with Gasteiger partial charge in [-0.25, -0.2) is 0 Å². The molecule has 0 bridgehead atoms. The molecule has 0 saturated heterocycles. The minimum Gasteiger partial charge on any atom is -0.349 e. The lowest BCUT2D eigenvalue weighted by Crippen LogP contribution is -2.35. The number of carbonyl (C=O) groups excluding carboxylic acids is 1. The molecule has 0 spiro atoms. The molecule has 20 heavy (non-hydrogen) atoms. The van der Waals surface area contributed by atoms with Gasteiger partial charge in [-0.1, -0.05) is 6.92 Å². The topological polar surface area (TPSA) is 74.8 Å². The maximum absolute atomic E-state index is 12.1. The van der Waals surface area contributed by atoms with Crippen LogP contribution < -0.4 is 10.9 Å². The molecule has 0 unspecified atom stereocenters. The Hall–Kier alpha value is -2.43. The van der Waals surface area contributed by atoms with Crippen molar-refractivity contribution >= 4 is 5.91 Å². The second kappa shape index (κ2) is 6.14. The van der Waals surface area contributed by atoms with Crippen molar-refractivity contribution in [3.63, 3.8) is 0 Å². The Bertz CT molecular complexity index is 650. The number of carbonyl (C=O) groups is 1. The third-order valence-electron chi connectivity index (χ3n) is 3.15. The van der Waals surface area contributed by atoms with Crippen LogP contribution in [0.3, 0.4) is 0 Å². The summed E-state index contributed by atoms with van der Waals surface area (Å²) in [4.78, 5) is 30.4. The molecule has 1 atom stereocenters. The van der Waals surface area contributed by atoms with Crippen LogP contribution in [0, 0.1) is 0 Å². The summed E-state index contributed by atoms with van der Waals surface area (Å²) >= 11 is 0. The predicted molar refractivity (Wildman–Crippen MR) is 77.5 cm³/mol. The van der Waals surface area contributed by atoms with Crippen molar-refractivity contribution in [1.29, 1.82) is 0 Å². The molecule has 0 fully saturated rings. The van der Waals surface area contributed by atoms with Crippen LogP contribution >= 0.6 is 0 Å². The molecule has 5 heteroatoms. The fraction of sp³-hybridized carbons (Fsp3) is 0.267. The summed E-state index contributed by atoms with van der Waals surface area (Å²) in [6.07, 6.45) is 5.74. The summed E-state index contributed by atoms with van der Waals surface area (Å²) in [6.45, 7) is 3.88. The Morgan fingerprint density at radius 1 is 1.35 bits per heavy atom. The van der Waals surface area contributed by atoms with Crippen LogP contribution in [-0.2, 0) is 0 Å². The number of hydrogen-bond acceptors (Lipinski definition) is 3. The number of hydrogen-bond donors (Lipinski definition) is 2. The lowest BCUT2D eigenvalue weighted by Gasteiger charge is -2.11. The smallest absolute Gasteiger partial charge is 0.260 e. The fourth-order valence-electron chi connectivity index (χ4n) is 1.77. The third kappa shape index (κ3) is 3.12. The zero-order valence-corrected chi connectivity index (χ0v) is 11.5. The van der Waals surface area contributed by atoms with Gasteiger partial charge < -0.3 is 10.3 Å². The van der Waals surface area contributed by atoms with Crippen molar-refractivity contribution in [3.8, 4) is 11.1 Å². The molecule has 2 aromatic rings. The van der Waals surface area contributed by atoms with Crippen molar-refractivity contribution in [2.75, 3.05) is 0 Å². The molecule has 2 aromatic heterocycles. The standard InChI is InChI=1S/C15H17N3O2/c1-3-10(2)18-15(20)13-8-12(9-17-14(13)19)11-4-6-16-7-5-11/h4-10H,3H2,1-2H3,(H,17,19)(H,18,20)/t10-/m1/s1. The Morgan fingerprint density at radius 2 is 2.05 bits per heavy atom. The highest BCUT2D eigenvalue weighted by atomic mass is 16.2. The van der Waals surface area contributed by atoms with E-state index < -0.39 is 0 Å². The molecule has 0 aromatic carbocycles. The average molecular weight is 271 g/mol. The molecule has 0 aliphatic carbocycles. The van der Waals surface area contributed by atoms with Gasteiger partial charge in [0.15, 0.2) is 0 Å². The first-order chi connectivity index (χ1) is 9.61. The number of H-pyrrole nitrogens is 1. The molecular weight excluding hydrogens is 254 g/mol. The monoisotopic (exact) mass is 271 g/mol. The van der Waals surface area contributed by atoms with E-state index in [1.54, 1.807) is 24.7 Å². The lowest BCUT2D eigenvalue weighted by molar-refractivity contribution is 0.0938. The molecule has 0 aliphatic heterocycles. The minimum absolute atomic E-state index is 0.0338. The summed E-state index contributed by atoms with van der Waals surface area (Å²) < 4.78 is 0. The quantitative estimate of drug-likeness (QED) is 0.892. The number of nitrogens with one attached hydrogen (secondary N) is 2. The van der Waals surface area contributed by atoms with Crippen molar-refractivity contribution in [3.05, 3.63) is 52.7 Å². The maximum Gasteiger partial charge on any atom is 0.260 e. The van der Waals surface area contributed by atoms with E-state index in [-0.39, 0.29) is 23.1 Å². The highest BCUT2D eigenvalue weighted by molar-refractivity contribution is 5.95. The van der Waals surface area contributed by atoms with Crippen LogP contribution in [0.4, 0.5) is 0 Å². The maximum atomic E-state index is 12.1. The largest absolute Gasteiger partial charge is 0.349 e. The normalized spacial score (nSPS) is 11.9. The van der Waals surface area contributed by atoms with E-state index in [1.165, 1.54) is 0 Å². The zero-order chi connectivity index (χ0) is 14.5. The summed E-state index contributed by atoms with van der Waals surface area (Å²) in [6, 6.07) is 5.28. The van der Waals surface area contributed by atoms with Crippen molar-refractivity contribution in [2.24, 2.45) is 0 Å². The second-order valence-electron chi connectivity index (χ2n) is 4.65. The van der Waals surface area contributed by atoms with Crippen molar-refractivity contribution in [1.82, 2.24) is 15.3 Å². The molecule has 0 saturated carbocycles. The molecule has 1 amide bonds. The SMILES string of the molecule is CC[C@@H](C)NC(=O)c1cc(-c2ccncc2)c[nH]c1=O. The van der Waals surface area contributed by atoms with Crippen LogP contribution in [0.15, 0.2) is 41.6 Å². The molecule has 5 nitrogen and oxygen atoms in total. The van der Waals surface area contributed by atoms with Gasteiger partial charge in [0.05, 0.1) is 0 Å². The van der Waals surface area contributed by atoms with Crippen LogP contribution in [0.2, 0.25) is 0 Å². The van der Waals surface area contributed by atoms with Crippen molar-refractivity contribution in [2.45, 2.75) is 26.3 Å². The predicted octanol–water partition coefficient (Wildman–Crippen LogP) is 1.97. The van der Waals surface area contributed by atoms with E-state index in [0.717, 1.165) is 17.5 Å². The number of nitrogens with zero attached hydrogens (tertiary/aromatic N) is 1. The van der Waals surface area contributed by atoms with Gasteiger partial charge in [-0.05, 0) is 42.7 Å². The van der Waals surface area contributed by atoms with Gasteiger partial charge in [0.2, 0.25) is 0 Å². The van der Waals surface area contributed by atoms with Gasteiger partial charge in [-0.2, -0.15) is 0 Å². The van der Waals surface area contributed by atoms with Gasteiger partial charge >= 0.3 is 0 Å². The first-order valence-electron chi connectivity index (χ1n) is 6.55. The summed E-state index contributed by atoms with van der Waals surface area (Å²) in [5.41, 5.74) is 1.42. The molecule has 2 rings (SSSR count). The Kier molecular flexibility index (Phi) is 4.30. The summed E-state index contributed by atoms with van der Waals surface area (Å²) in [7, 11) is 0. The van der Waals surface area contributed by atoms with Crippen LogP contribution in [0.1, 0.15) is 30.6 Å². The van der Waals surface area contributed by atoms with E-state index >= 15 is 0 Å². The number of aromatic amines is 1. The van der Waals surface area contributed by atoms with Gasteiger partial charge in [0.1, 0.15) is 5.56 Å². The van der Waals surface area contributed by atoms with Crippen molar-refractivity contribution < 1.29 is 4.79 Å².